The number of amides is 2. The highest BCUT2D eigenvalue weighted by Crippen LogP contribution is 2.30. The van der Waals surface area contributed by atoms with E-state index >= 15 is 0 Å². The van der Waals surface area contributed by atoms with Gasteiger partial charge in [-0.1, -0.05) is 12.5 Å². The normalized spacial score (nSPS) is 22.9. The molecule has 1 aromatic carbocycles. The van der Waals surface area contributed by atoms with Crippen molar-refractivity contribution in [2.75, 3.05) is 18.5 Å². The second-order valence-electron chi connectivity index (χ2n) is 6.68. The fourth-order valence-corrected chi connectivity index (χ4v) is 3.16. The Kier molecular flexibility index (Phi) is 5.35. The van der Waals surface area contributed by atoms with E-state index in [4.69, 9.17) is 10.5 Å². The molecule has 0 radical (unpaired) electrons. The molecule has 2 amide bonds. The first-order chi connectivity index (χ1) is 11.7. The number of hydrogen-bond donors (Lipinski definition) is 3. The monoisotopic (exact) mass is 331 g/mol. The molecule has 2 aliphatic carbocycles. The van der Waals surface area contributed by atoms with Crippen molar-refractivity contribution < 1.29 is 14.3 Å². The van der Waals surface area contributed by atoms with Crippen molar-refractivity contribution in [2.24, 2.45) is 17.6 Å². The fraction of sp³-hybridized carbons (Fsp3) is 0.556. The van der Waals surface area contributed by atoms with Gasteiger partial charge in [-0.05, 0) is 50.3 Å². The van der Waals surface area contributed by atoms with Crippen LogP contribution in [-0.4, -0.2) is 31.0 Å². The molecular formula is C18H25N3O3. The standard InChI is InChI=1S/C18H25N3O3/c19-10-13-3-1-6-16(13)21-17(22)11-24-15-5-2-4-14(9-15)20-18(23)12-7-8-12/h2,4-5,9,12-13,16H,1,3,6-8,10-11,19H2,(H,20,23)(H,21,22). The van der Waals surface area contributed by atoms with Gasteiger partial charge in [0.15, 0.2) is 6.61 Å². The SMILES string of the molecule is NCC1CCCC1NC(=O)COc1cccc(NC(=O)C2CC2)c1. The molecule has 0 spiro atoms. The van der Waals surface area contributed by atoms with Gasteiger partial charge in [-0.15, -0.1) is 0 Å². The van der Waals surface area contributed by atoms with E-state index in [0.717, 1.165) is 32.1 Å². The van der Waals surface area contributed by atoms with Crippen molar-refractivity contribution in [1.82, 2.24) is 5.32 Å². The van der Waals surface area contributed by atoms with Gasteiger partial charge in [-0.3, -0.25) is 9.59 Å². The van der Waals surface area contributed by atoms with Crippen LogP contribution < -0.4 is 21.1 Å². The van der Waals surface area contributed by atoms with Crippen molar-refractivity contribution in [3.05, 3.63) is 24.3 Å². The Hall–Kier alpha value is -2.08. The van der Waals surface area contributed by atoms with Crippen LogP contribution in [0.3, 0.4) is 0 Å². The second-order valence-corrected chi connectivity index (χ2v) is 6.68. The number of nitrogens with one attached hydrogen (secondary N) is 2. The lowest BCUT2D eigenvalue weighted by atomic mass is 10.0. The van der Waals surface area contributed by atoms with Crippen molar-refractivity contribution in [3.8, 4) is 5.75 Å². The molecule has 6 heteroatoms. The molecule has 2 fully saturated rings. The summed E-state index contributed by atoms with van der Waals surface area (Å²) in [5.41, 5.74) is 6.43. The van der Waals surface area contributed by atoms with Gasteiger partial charge in [0.1, 0.15) is 5.75 Å². The summed E-state index contributed by atoms with van der Waals surface area (Å²) in [6.45, 7) is 0.572. The minimum Gasteiger partial charge on any atom is -0.484 e. The van der Waals surface area contributed by atoms with E-state index in [-0.39, 0.29) is 30.4 Å². The van der Waals surface area contributed by atoms with E-state index in [2.05, 4.69) is 10.6 Å². The Balaban J connectivity index is 1.47. The smallest absolute Gasteiger partial charge is 0.258 e. The van der Waals surface area contributed by atoms with Crippen LogP contribution in [0.2, 0.25) is 0 Å². The molecule has 2 aliphatic rings. The zero-order chi connectivity index (χ0) is 16.9. The average Bonchev–Trinajstić information content (AvgIpc) is 3.34. The molecule has 0 aromatic heterocycles. The fourth-order valence-electron chi connectivity index (χ4n) is 3.16. The van der Waals surface area contributed by atoms with Gasteiger partial charge in [-0.25, -0.2) is 0 Å². The van der Waals surface area contributed by atoms with E-state index in [1.54, 1.807) is 18.2 Å². The number of nitrogens with two attached hydrogens (primary N) is 1. The third-order valence-corrected chi connectivity index (χ3v) is 4.73. The average molecular weight is 331 g/mol. The Morgan fingerprint density at radius 1 is 1.21 bits per heavy atom. The molecule has 0 bridgehead atoms. The number of hydrogen-bond acceptors (Lipinski definition) is 4. The van der Waals surface area contributed by atoms with Gasteiger partial charge in [0.05, 0.1) is 0 Å². The highest BCUT2D eigenvalue weighted by atomic mass is 16.5. The van der Waals surface area contributed by atoms with Crippen molar-refractivity contribution in [1.29, 1.82) is 0 Å². The van der Waals surface area contributed by atoms with Crippen LogP contribution in [0, 0.1) is 11.8 Å². The molecule has 1 aromatic rings. The van der Waals surface area contributed by atoms with Gasteiger partial charge < -0.3 is 21.1 Å². The van der Waals surface area contributed by atoms with E-state index < -0.39 is 0 Å². The number of anilines is 1. The summed E-state index contributed by atoms with van der Waals surface area (Å²) in [5, 5.41) is 5.88. The first-order valence-electron chi connectivity index (χ1n) is 8.69. The highest BCUT2D eigenvalue weighted by molar-refractivity contribution is 5.94. The summed E-state index contributed by atoms with van der Waals surface area (Å²) < 4.78 is 5.55. The van der Waals surface area contributed by atoms with E-state index in [1.165, 1.54) is 0 Å². The minimum absolute atomic E-state index is 0.0339. The van der Waals surface area contributed by atoms with Crippen LogP contribution in [0.1, 0.15) is 32.1 Å². The topological polar surface area (TPSA) is 93.4 Å². The summed E-state index contributed by atoms with van der Waals surface area (Å²) in [7, 11) is 0. The lowest BCUT2D eigenvalue weighted by Crippen LogP contribution is -2.42. The van der Waals surface area contributed by atoms with Gasteiger partial charge in [0.2, 0.25) is 5.91 Å². The number of ether oxygens (including phenoxy) is 1. The molecule has 0 aliphatic heterocycles. The van der Waals surface area contributed by atoms with Gasteiger partial charge >= 0.3 is 0 Å². The zero-order valence-electron chi connectivity index (χ0n) is 13.8. The first-order valence-corrected chi connectivity index (χ1v) is 8.69. The van der Waals surface area contributed by atoms with E-state index in [9.17, 15) is 9.59 Å². The first kappa shape index (κ1) is 16.8. The van der Waals surface area contributed by atoms with E-state index in [0.29, 0.717) is 23.9 Å². The highest BCUT2D eigenvalue weighted by Gasteiger charge is 2.29. The molecule has 4 N–H and O–H groups in total. The van der Waals surface area contributed by atoms with Gasteiger partial charge in [-0.2, -0.15) is 0 Å². The van der Waals surface area contributed by atoms with Crippen molar-refractivity contribution in [3.63, 3.8) is 0 Å². The summed E-state index contributed by atoms with van der Waals surface area (Å²) in [5.74, 6) is 1.02. The number of carbonyl (C=O) groups is 2. The maximum absolute atomic E-state index is 12.0. The lowest BCUT2D eigenvalue weighted by Gasteiger charge is -2.19. The van der Waals surface area contributed by atoms with Gasteiger partial charge in [0.25, 0.3) is 5.91 Å². The predicted octanol–water partition coefficient (Wildman–Crippen LogP) is 1.66. The van der Waals surface area contributed by atoms with Crippen LogP contribution in [0.4, 0.5) is 5.69 Å². The van der Waals surface area contributed by atoms with Gasteiger partial charge in [0, 0.05) is 23.7 Å². The number of carbonyl (C=O) groups excluding carboxylic acids is 2. The van der Waals surface area contributed by atoms with Crippen LogP contribution >= 0.6 is 0 Å². The van der Waals surface area contributed by atoms with Crippen molar-refractivity contribution in [2.45, 2.75) is 38.1 Å². The Morgan fingerprint density at radius 2 is 2.04 bits per heavy atom. The third kappa shape index (κ3) is 4.47. The molecule has 6 nitrogen and oxygen atoms in total. The largest absolute Gasteiger partial charge is 0.484 e. The maximum atomic E-state index is 12.0. The Labute approximate surface area is 142 Å². The summed E-state index contributed by atoms with van der Waals surface area (Å²) in [6.07, 6.45) is 5.10. The summed E-state index contributed by atoms with van der Waals surface area (Å²) in [4.78, 5) is 23.8. The number of rotatable bonds is 7. The van der Waals surface area contributed by atoms with E-state index in [1.807, 2.05) is 6.07 Å². The Bertz CT molecular complexity index is 601. The molecule has 2 saturated carbocycles. The van der Waals surface area contributed by atoms with Crippen LogP contribution in [0.5, 0.6) is 5.75 Å². The molecule has 2 atom stereocenters. The predicted molar refractivity (Wildman–Crippen MR) is 91.6 cm³/mol. The Morgan fingerprint density at radius 3 is 2.79 bits per heavy atom. The van der Waals surface area contributed by atoms with Crippen LogP contribution in [0.15, 0.2) is 24.3 Å². The molecule has 0 heterocycles. The second kappa shape index (κ2) is 7.66. The molecule has 3 rings (SSSR count). The molecule has 24 heavy (non-hydrogen) atoms. The van der Waals surface area contributed by atoms with Crippen molar-refractivity contribution >= 4 is 17.5 Å². The van der Waals surface area contributed by atoms with Crippen LogP contribution in [-0.2, 0) is 9.59 Å². The molecule has 130 valence electrons. The number of benzene rings is 1. The summed E-state index contributed by atoms with van der Waals surface area (Å²) in [6, 6.07) is 7.30. The third-order valence-electron chi connectivity index (χ3n) is 4.73. The molecule has 2 unspecified atom stereocenters. The molecular weight excluding hydrogens is 306 g/mol. The molecule has 0 saturated heterocycles. The van der Waals surface area contributed by atoms with Crippen LogP contribution in [0.25, 0.3) is 0 Å². The quantitative estimate of drug-likeness (QED) is 0.708. The minimum atomic E-state index is -0.132. The zero-order valence-corrected chi connectivity index (χ0v) is 13.8. The maximum Gasteiger partial charge on any atom is 0.258 e. The summed E-state index contributed by atoms with van der Waals surface area (Å²) >= 11 is 0. The lowest BCUT2D eigenvalue weighted by molar-refractivity contribution is -0.124.